The van der Waals surface area contributed by atoms with E-state index < -0.39 is 10.0 Å². The molecule has 0 fully saturated rings. The Labute approximate surface area is 110 Å². The van der Waals surface area contributed by atoms with Gasteiger partial charge in [0, 0.05) is 11.0 Å². The molecule has 3 N–H and O–H groups in total. The minimum absolute atomic E-state index is 0. The fraction of sp³-hybridized carbons (Fsp3) is 0.333. The Bertz CT molecular complexity index is 425. The van der Waals surface area contributed by atoms with Crippen molar-refractivity contribution >= 4 is 38.4 Å². The first-order valence-electron chi connectivity index (χ1n) is 4.52. The monoisotopic (exact) mass is 328 g/mol. The minimum atomic E-state index is -3.42. The molecule has 0 atom stereocenters. The number of nitrogens with two attached hydrogens (primary N) is 1. The molecule has 0 aliphatic heterocycles. The van der Waals surface area contributed by atoms with Gasteiger partial charge in [-0.25, -0.2) is 13.1 Å². The smallest absolute Gasteiger partial charge is 0.241 e. The number of benzene rings is 1. The first-order chi connectivity index (χ1) is 7.08. The molecule has 7 heteroatoms. The van der Waals surface area contributed by atoms with Crippen LogP contribution >= 0.6 is 28.3 Å². The Morgan fingerprint density at radius 2 is 1.94 bits per heavy atom. The third-order valence-corrected chi connectivity index (χ3v) is 4.27. The number of nitrogens with one attached hydrogen (secondary N) is 1. The van der Waals surface area contributed by atoms with Gasteiger partial charge in [-0.3, -0.25) is 0 Å². The van der Waals surface area contributed by atoms with Crippen LogP contribution in [0.15, 0.2) is 33.6 Å². The zero-order valence-electron chi connectivity index (χ0n) is 8.52. The van der Waals surface area contributed by atoms with Crippen LogP contribution in [-0.2, 0) is 10.0 Å². The quantitative estimate of drug-likeness (QED) is 0.804. The van der Waals surface area contributed by atoms with Crippen LogP contribution < -0.4 is 10.5 Å². The van der Waals surface area contributed by atoms with Gasteiger partial charge in [-0.15, -0.1) is 12.4 Å². The second-order valence-corrected chi connectivity index (χ2v) is 5.56. The molecule has 0 bridgehead atoms. The molecule has 0 aromatic heterocycles. The maximum absolute atomic E-state index is 11.7. The number of hydrogen-bond donors (Lipinski definition) is 2. The fourth-order valence-corrected chi connectivity index (χ4v) is 3.12. The van der Waals surface area contributed by atoms with E-state index in [4.69, 9.17) is 5.73 Å². The van der Waals surface area contributed by atoms with Gasteiger partial charge in [0.2, 0.25) is 10.0 Å². The number of rotatable bonds is 5. The highest BCUT2D eigenvalue weighted by atomic mass is 79.9. The van der Waals surface area contributed by atoms with E-state index in [9.17, 15) is 8.42 Å². The van der Waals surface area contributed by atoms with E-state index in [1.807, 2.05) is 0 Å². The topological polar surface area (TPSA) is 72.2 Å². The maximum atomic E-state index is 11.7. The first kappa shape index (κ1) is 15.9. The molecule has 0 saturated heterocycles. The molecule has 92 valence electrons. The van der Waals surface area contributed by atoms with E-state index in [1.54, 1.807) is 24.3 Å². The molecule has 0 spiro atoms. The van der Waals surface area contributed by atoms with Crippen LogP contribution in [0.4, 0.5) is 0 Å². The Balaban J connectivity index is 0.00000225. The fourth-order valence-electron chi connectivity index (χ4n) is 1.05. The SMILES string of the molecule is Cl.NCCCNS(=O)(=O)c1ccccc1Br. The number of halogens is 2. The van der Waals surface area contributed by atoms with Gasteiger partial charge in [-0.2, -0.15) is 0 Å². The summed E-state index contributed by atoms with van der Waals surface area (Å²) < 4.78 is 26.5. The molecule has 1 aromatic carbocycles. The molecule has 0 amide bonds. The normalized spacial score (nSPS) is 10.9. The molecule has 4 nitrogen and oxygen atoms in total. The van der Waals surface area contributed by atoms with E-state index in [2.05, 4.69) is 20.7 Å². The average Bonchev–Trinajstić information content (AvgIpc) is 2.18. The zero-order chi connectivity index (χ0) is 11.3. The Hall–Kier alpha value is -0.140. The third kappa shape index (κ3) is 4.39. The first-order valence-corrected chi connectivity index (χ1v) is 6.80. The largest absolute Gasteiger partial charge is 0.330 e. The van der Waals surface area contributed by atoms with Gasteiger partial charge in [-0.05, 0) is 41.0 Å². The predicted octanol–water partition coefficient (Wildman–Crippen LogP) is 1.50. The van der Waals surface area contributed by atoms with E-state index in [1.165, 1.54) is 0 Å². The molecular weight excluding hydrogens is 316 g/mol. The van der Waals surface area contributed by atoms with Gasteiger partial charge in [0.25, 0.3) is 0 Å². The summed E-state index contributed by atoms with van der Waals surface area (Å²) in [4.78, 5) is 0.252. The van der Waals surface area contributed by atoms with Crippen LogP contribution in [0.2, 0.25) is 0 Å². The number of sulfonamides is 1. The molecule has 0 heterocycles. The molecule has 0 aliphatic carbocycles. The maximum Gasteiger partial charge on any atom is 0.241 e. The van der Waals surface area contributed by atoms with Crippen molar-refractivity contribution in [2.45, 2.75) is 11.3 Å². The standard InChI is InChI=1S/C9H13BrN2O2S.ClH/c10-8-4-1-2-5-9(8)15(13,14)12-7-3-6-11;/h1-2,4-5,12H,3,6-7,11H2;1H. The van der Waals surface area contributed by atoms with Gasteiger partial charge in [-0.1, -0.05) is 12.1 Å². The van der Waals surface area contributed by atoms with Crippen LogP contribution in [0.3, 0.4) is 0 Å². The third-order valence-electron chi connectivity index (χ3n) is 1.80. The van der Waals surface area contributed by atoms with Crippen molar-refractivity contribution < 1.29 is 8.42 Å². The number of hydrogen-bond acceptors (Lipinski definition) is 3. The Kier molecular flexibility index (Phi) is 7.17. The summed E-state index contributed by atoms with van der Waals surface area (Å²) in [6.07, 6.45) is 0.629. The zero-order valence-corrected chi connectivity index (χ0v) is 11.7. The Morgan fingerprint density at radius 1 is 1.31 bits per heavy atom. The lowest BCUT2D eigenvalue weighted by Gasteiger charge is -2.07. The van der Waals surface area contributed by atoms with Crippen molar-refractivity contribution in [1.29, 1.82) is 0 Å². The molecular formula is C9H14BrClN2O2S. The second-order valence-electron chi connectivity index (χ2n) is 2.97. The summed E-state index contributed by atoms with van der Waals surface area (Å²) in [5, 5.41) is 0. The van der Waals surface area contributed by atoms with Gasteiger partial charge < -0.3 is 5.73 Å². The van der Waals surface area contributed by atoms with Crippen LogP contribution in [0.1, 0.15) is 6.42 Å². The summed E-state index contributed by atoms with van der Waals surface area (Å²) >= 11 is 3.20. The lowest BCUT2D eigenvalue weighted by molar-refractivity contribution is 0.579. The van der Waals surface area contributed by atoms with Crippen LogP contribution in [0.25, 0.3) is 0 Å². The van der Waals surface area contributed by atoms with Crippen molar-refractivity contribution in [3.05, 3.63) is 28.7 Å². The van der Waals surface area contributed by atoms with Gasteiger partial charge in [0.05, 0.1) is 4.90 Å². The van der Waals surface area contributed by atoms with E-state index in [0.29, 0.717) is 24.0 Å². The van der Waals surface area contributed by atoms with Crippen molar-refractivity contribution in [2.24, 2.45) is 5.73 Å². The summed E-state index contributed by atoms with van der Waals surface area (Å²) in [6.45, 7) is 0.832. The second kappa shape index (κ2) is 7.24. The van der Waals surface area contributed by atoms with E-state index in [0.717, 1.165) is 0 Å². The Morgan fingerprint density at radius 3 is 2.50 bits per heavy atom. The molecule has 16 heavy (non-hydrogen) atoms. The van der Waals surface area contributed by atoms with Gasteiger partial charge in [0.1, 0.15) is 0 Å². The molecule has 0 radical (unpaired) electrons. The highest BCUT2D eigenvalue weighted by molar-refractivity contribution is 9.10. The molecule has 0 unspecified atom stereocenters. The van der Waals surface area contributed by atoms with Crippen molar-refractivity contribution in [1.82, 2.24) is 4.72 Å². The van der Waals surface area contributed by atoms with Gasteiger partial charge in [0.15, 0.2) is 0 Å². The highest BCUT2D eigenvalue weighted by Gasteiger charge is 2.15. The summed E-state index contributed by atoms with van der Waals surface area (Å²) in [5.74, 6) is 0. The highest BCUT2D eigenvalue weighted by Crippen LogP contribution is 2.20. The molecule has 1 rings (SSSR count). The van der Waals surface area contributed by atoms with Crippen LogP contribution in [-0.4, -0.2) is 21.5 Å². The molecule has 0 saturated carbocycles. The minimum Gasteiger partial charge on any atom is -0.330 e. The van der Waals surface area contributed by atoms with Crippen molar-refractivity contribution in [2.75, 3.05) is 13.1 Å². The average molecular weight is 330 g/mol. The predicted molar refractivity (Wildman–Crippen MR) is 70.2 cm³/mol. The van der Waals surface area contributed by atoms with Crippen LogP contribution in [0, 0.1) is 0 Å². The van der Waals surface area contributed by atoms with Gasteiger partial charge >= 0.3 is 0 Å². The molecule has 0 aliphatic rings. The van der Waals surface area contributed by atoms with E-state index >= 15 is 0 Å². The molecule has 1 aromatic rings. The lowest BCUT2D eigenvalue weighted by atomic mass is 10.4. The van der Waals surface area contributed by atoms with E-state index in [-0.39, 0.29) is 17.3 Å². The summed E-state index contributed by atoms with van der Waals surface area (Å²) in [7, 11) is -3.42. The summed E-state index contributed by atoms with van der Waals surface area (Å²) in [5.41, 5.74) is 5.28. The summed E-state index contributed by atoms with van der Waals surface area (Å²) in [6, 6.07) is 6.69. The van der Waals surface area contributed by atoms with Crippen molar-refractivity contribution in [3.8, 4) is 0 Å². The van der Waals surface area contributed by atoms with Crippen molar-refractivity contribution in [3.63, 3.8) is 0 Å². The van der Waals surface area contributed by atoms with Crippen LogP contribution in [0.5, 0.6) is 0 Å². The lowest BCUT2D eigenvalue weighted by Crippen LogP contribution is -2.26.